The lowest BCUT2D eigenvalue weighted by molar-refractivity contribution is -0.132. The number of rotatable bonds is 6. The Bertz CT molecular complexity index is 893. The number of nitrogens with one attached hydrogen (secondary N) is 1. The number of benzene rings is 1. The summed E-state index contributed by atoms with van der Waals surface area (Å²) in [4.78, 5) is 14.2. The summed E-state index contributed by atoms with van der Waals surface area (Å²) in [6.07, 6.45) is 2.14. The Kier molecular flexibility index (Phi) is 6.81. The molecule has 0 spiro atoms. The molecule has 1 aromatic carbocycles. The van der Waals surface area contributed by atoms with Crippen LogP contribution >= 0.6 is 34.5 Å². The fraction of sp³-hybridized carbons (Fsp3) is 0.389. The second-order valence-electron chi connectivity index (χ2n) is 6.44. The van der Waals surface area contributed by atoms with E-state index in [1.165, 1.54) is 11.3 Å². The van der Waals surface area contributed by atoms with Gasteiger partial charge in [0.25, 0.3) is 0 Å². The zero-order valence-electron chi connectivity index (χ0n) is 14.5. The third-order valence-electron chi connectivity index (χ3n) is 4.55. The molecule has 0 saturated carbocycles. The monoisotopic (exact) mass is 446 g/mol. The van der Waals surface area contributed by atoms with Crippen molar-refractivity contribution >= 4 is 50.5 Å². The Labute approximate surface area is 173 Å². The maximum absolute atomic E-state index is 12.4. The molecule has 0 bridgehead atoms. The molecule has 1 aliphatic rings. The highest BCUT2D eigenvalue weighted by Gasteiger charge is 2.27. The molecule has 3 rings (SSSR count). The minimum absolute atomic E-state index is 0.0561. The SMILES string of the molecule is O=C(CCc1ccc(Cl)cc1Cl)N1CCC(NS(=O)(=O)c2cccs2)CC1. The van der Waals surface area contributed by atoms with E-state index >= 15 is 0 Å². The van der Waals surface area contributed by atoms with E-state index in [-0.39, 0.29) is 11.9 Å². The van der Waals surface area contributed by atoms with Crippen LogP contribution in [0.3, 0.4) is 0 Å². The van der Waals surface area contributed by atoms with E-state index in [1.807, 2.05) is 6.07 Å². The average molecular weight is 447 g/mol. The van der Waals surface area contributed by atoms with Crippen LogP contribution < -0.4 is 4.72 Å². The summed E-state index contributed by atoms with van der Waals surface area (Å²) in [5, 5.41) is 2.88. The van der Waals surface area contributed by atoms with E-state index in [4.69, 9.17) is 23.2 Å². The van der Waals surface area contributed by atoms with Crippen LogP contribution in [-0.2, 0) is 21.2 Å². The van der Waals surface area contributed by atoms with Crippen LogP contribution in [0.2, 0.25) is 10.0 Å². The zero-order chi connectivity index (χ0) is 19.4. The van der Waals surface area contributed by atoms with Crippen molar-refractivity contribution in [2.45, 2.75) is 35.9 Å². The molecule has 1 fully saturated rings. The van der Waals surface area contributed by atoms with Gasteiger partial charge >= 0.3 is 0 Å². The smallest absolute Gasteiger partial charge is 0.250 e. The Morgan fingerprint density at radius 3 is 2.59 bits per heavy atom. The van der Waals surface area contributed by atoms with Gasteiger partial charge in [-0.1, -0.05) is 35.3 Å². The van der Waals surface area contributed by atoms with Crippen molar-refractivity contribution in [3.8, 4) is 0 Å². The van der Waals surface area contributed by atoms with Crippen LogP contribution in [0.4, 0.5) is 0 Å². The molecular formula is C18H20Cl2N2O3S2. The van der Waals surface area contributed by atoms with Crippen molar-refractivity contribution in [3.05, 3.63) is 51.3 Å². The summed E-state index contributed by atoms with van der Waals surface area (Å²) in [5.41, 5.74) is 0.896. The third kappa shape index (κ3) is 5.45. The predicted octanol–water partition coefficient (Wildman–Crippen LogP) is 3.96. The fourth-order valence-electron chi connectivity index (χ4n) is 3.06. The first-order valence-electron chi connectivity index (χ1n) is 8.63. The number of nitrogens with zero attached hydrogens (tertiary/aromatic N) is 1. The van der Waals surface area contributed by atoms with E-state index in [9.17, 15) is 13.2 Å². The highest BCUT2D eigenvalue weighted by molar-refractivity contribution is 7.91. The second kappa shape index (κ2) is 8.92. The number of hydrogen-bond acceptors (Lipinski definition) is 4. The zero-order valence-corrected chi connectivity index (χ0v) is 17.7. The second-order valence-corrected chi connectivity index (χ2v) is 10.2. The number of amides is 1. The van der Waals surface area contributed by atoms with Crippen molar-refractivity contribution < 1.29 is 13.2 Å². The molecule has 2 heterocycles. The summed E-state index contributed by atoms with van der Waals surface area (Å²) in [7, 11) is -3.47. The van der Waals surface area contributed by atoms with Crippen LogP contribution in [-0.4, -0.2) is 38.4 Å². The van der Waals surface area contributed by atoms with E-state index in [2.05, 4.69) is 4.72 Å². The van der Waals surface area contributed by atoms with Gasteiger partial charge in [0, 0.05) is 35.6 Å². The van der Waals surface area contributed by atoms with Gasteiger partial charge in [-0.2, -0.15) is 0 Å². The normalized spacial score (nSPS) is 15.9. The molecule has 0 atom stereocenters. The number of aryl methyl sites for hydroxylation is 1. The molecule has 27 heavy (non-hydrogen) atoms. The standard InChI is InChI=1S/C18H20Cl2N2O3S2/c19-14-5-3-13(16(20)12-14)4-6-17(23)22-9-7-15(8-10-22)21-27(24,25)18-2-1-11-26-18/h1-3,5,11-12,15,21H,4,6-10H2. The van der Waals surface area contributed by atoms with Crippen molar-refractivity contribution in [3.63, 3.8) is 0 Å². The van der Waals surface area contributed by atoms with E-state index in [0.717, 1.165) is 5.56 Å². The number of likely N-dealkylation sites (tertiary alicyclic amines) is 1. The molecule has 0 aliphatic carbocycles. The number of carbonyl (C=O) groups excluding carboxylic acids is 1. The van der Waals surface area contributed by atoms with Crippen LogP contribution in [0.15, 0.2) is 39.9 Å². The molecular weight excluding hydrogens is 427 g/mol. The topological polar surface area (TPSA) is 66.5 Å². The molecule has 2 aromatic rings. The Morgan fingerprint density at radius 1 is 1.22 bits per heavy atom. The molecule has 0 unspecified atom stereocenters. The predicted molar refractivity (Wildman–Crippen MR) is 109 cm³/mol. The van der Waals surface area contributed by atoms with Gasteiger partial charge in [-0.15, -0.1) is 11.3 Å². The van der Waals surface area contributed by atoms with Crippen molar-refractivity contribution in [1.29, 1.82) is 0 Å². The Morgan fingerprint density at radius 2 is 1.96 bits per heavy atom. The summed E-state index contributed by atoms with van der Waals surface area (Å²) >= 11 is 13.2. The lowest BCUT2D eigenvalue weighted by Gasteiger charge is -2.32. The number of thiophene rings is 1. The molecule has 1 aromatic heterocycles. The van der Waals surface area contributed by atoms with E-state index in [1.54, 1.807) is 34.5 Å². The number of carbonyl (C=O) groups is 1. The Hall–Kier alpha value is -1.12. The quantitative estimate of drug-likeness (QED) is 0.729. The summed E-state index contributed by atoms with van der Waals surface area (Å²) in [5.74, 6) is 0.0561. The molecule has 1 aliphatic heterocycles. The molecule has 5 nitrogen and oxygen atoms in total. The highest BCUT2D eigenvalue weighted by atomic mass is 35.5. The average Bonchev–Trinajstić information content (AvgIpc) is 3.17. The number of halogens is 2. The number of hydrogen-bond donors (Lipinski definition) is 1. The summed E-state index contributed by atoms with van der Waals surface area (Å²) < 4.78 is 27.6. The molecule has 1 saturated heterocycles. The lowest BCUT2D eigenvalue weighted by Crippen LogP contribution is -2.46. The maximum Gasteiger partial charge on any atom is 0.250 e. The largest absolute Gasteiger partial charge is 0.343 e. The van der Waals surface area contributed by atoms with Gasteiger partial charge in [0.1, 0.15) is 4.21 Å². The minimum atomic E-state index is -3.47. The fourth-order valence-corrected chi connectivity index (χ4v) is 5.88. The first kappa shape index (κ1) is 20.6. The van der Waals surface area contributed by atoms with Crippen molar-refractivity contribution in [1.82, 2.24) is 9.62 Å². The van der Waals surface area contributed by atoms with Crippen LogP contribution in [0.1, 0.15) is 24.8 Å². The first-order valence-corrected chi connectivity index (χ1v) is 11.7. The number of sulfonamides is 1. The summed E-state index contributed by atoms with van der Waals surface area (Å²) in [6.45, 7) is 1.09. The molecule has 9 heteroatoms. The van der Waals surface area contributed by atoms with Gasteiger partial charge in [-0.05, 0) is 48.4 Å². The molecule has 0 radical (unpaired) electrons. The van der Waals surface area contributed by atoms with Gasteiger partial charge in [0.2, 0.25) is 15.9 Å². The van der Waals surface area contributed by atoms with Gasteiger partial charge in [0.05, 0.1) is 0 Å². The van der Waals surface area contributed by atoms with E-state index < -0.39 is 10.0 Å². The molecule has 146 valence electrons. The lowest BCUT2D eigenvalue weighted by atomic mass is 10.0. The first-order chi connectivity index (χ1) is 12.8. The van der Waals surface area contributed by atoms with Gasteiger partial charge in [-0.25, -0.2) is 13.1 Å². The van der Waals surface area contributed by atoms with Gasteiger partial charge in [-0.3, -0.25) is 4.79 Å². The van der Waals surface area contributed by atoms with Crippen molar-refractivity contribution in [2.24, 2.45) is 0 Å². The third-order valence-corrected chi connectivity index (χ3v) is 8.06. The highest BCUT2D eigenvalue weighted by Crippen LogP contribution is 2.23. The van der Waals surface area contributed by atoms with Gasteiger partial charge in [0.15, 0.2) is 0 Å². The number of piperidine rings is 1. The van der Waals surface area contributed by atoms with Crippen LogP contribution in [0.5, 0.6) is 0 Å². The van der Waals surface area contributed by atoms with Crippen molar-refractivity contribution in [2.75, 3.05) is 13.1 Å². The Balaban J connectivity index is 1.48. The van der Waals surface area contributed by atoms with Crippen LogP contribution in [0, 0.1) is 0 Å². The van der Waals surface area contributed by atoms with E-state index in [0.29, 0.717) is 53.0 Å². The van der Waals surface area contributed by atoms with Gasteiger partial charge < -0.3 is 4.90 Å². The summed E-state index contributed by atoms with van der Waals surface area (Å²) in [6, 6.07) is 8.43. The molecule has 1 N–H and O–H groups in total. The van der Waals surface area contributed by atoms with Crippen LogP contribution in [0.25, 0.3) is 0 Å². The maximum atomic E-state index is 12.4. The molecule has 1 amide bonds. The minimum Gasteiger partial charge on any atom is -0.343 e.